The summed E-state index contributed by atoms with van der Waals surface area (Å²) in [7, 11) is 1.75. The minimum atomic E-state index is -0.0256. The molecule has 0 saturated heterocycles. The van der Waals surface area contributed by atoms with Gasteiger partial charge in [-0.1, -0.05) is 11.6 Å². The van der Waals surface area contributed by atoms with Crippen molar-refractivity contribution in [2.45, 2.75) is 6.92 Å². The number of halogens is 2. The molecule has 0 radical (unpaired) electrons. The lowest BCUT2D eigenvalue weighted by Crippen LogP contribution is -2.18. The molecule has 2 aromatic rings. The van der Waals surface area contributed by atoms with E-state index in [-0.39, 0.29) is 5.56 Å². The normalized spacial score (nSPS) is 10.9. The highest BCUT2D eigenvalue weighted by Crippen LogP contribution is 2.24. The van der Waals surface area contributed by atoms with Gasteiger partial charge in [-0.25, -0.2) is 0 Å². The monoisotopic (exact) mass is 285 g/mol. The van der Waals surface area contributed by atoms with Crippen LogP contribution in [0.4, 0.5) is 0 Å². The highest BCUT2D eigenvalue weighted by molar-refractivity contribution is 9.10. The summed E-state index contributed by atoms with van der Waals surface area (Å²) in [5.41, 5.74) is 1.79. The van der Waals surface area contributed by atoms with E-state index in [9.17, 15) is 4.79 Å². The van der Waals surface area contributed by atoms with Gasteiger partial charge in [0.1, 0.15) is 0 Å². The Kier molecular flexibility index (Phi) is 2.61. The Morgan fingerprint density at radius 1 is 1.40 bits per heavy atom. The van der Waals surface area contributed by atoms with Gasteiger partial charge in [-0.15, -0.1) is 0 Å². The Morgan fingerprint density at radius 2 is 2.07 bits per heavy atom. The van der Waals surface area contributed by atoms with E-state index in [1.165, 1.54) is 0 Å². The van der Waals surface area contributed by atoms with Crippen molar-refractivity contribution in [3.05, 3.63) is 43.6 Å². The van der Waals surface area contributed by atoms with Gasteiger partial charge in [-0.3, -0.25) is 4.79 Å². The van der Waals surface area contributed by atoms with Crippen LogP contribution in [0.15, 0.2) is 27.5 Å². The van der Waals surface area contributed by atoms with Gasteiger partial charge in [0, 0.05) is 17.5 Å². The van der Waals surface area contributed by atoms with E-state index < -0.39 is 0 Å². The van der Waals surface area contributed by atoms with Gasteiger partial charge in [0.2, 0.25) is 0 Å². The fourth-order valence-corrected chi connectivity index (χ4v) is 2.29. The van der Waals surface area contributed by atoms with E-state index in [1.54, 1.807) is 17.7 Å². The molecule has 0 aliphatic heterocycles. The van der Waals surface area contributed by atoms with E-state index >= 15 is 0 Å². The molecule has 4 heteroatoms. The summed E-state index contributed by atoms with van der Waals surface area (Å²) in [4.78, 5) is 11.8. The molecule has 0 atom stereocenters. The molecule has 0 bridgehead atoms. The lowest BCUT2D eigenvalue weighted by Gasteiger charge is -2.09. The van der Waals surface area contributed by atoms with Gasteiger partial charge in [-0.2, -0.15) is 0 Å². The van der Waals surface area contributed by atoms with Crippen LogP contribution in [0.25, 0.3) is 10.9 Å². The predicted molar refractivity (Wildman–Crippen MR) is 66.6 cm³/mol. The SMILES string of the molecule is Cc1c(Br)c(=O)n(C)c2ccc(Cl)cc12. The van der Waals surface area contributed by atoms with E-state index in [2.05, 4.69) is 15.9 Å². The summed E-state index contributed by atoms with van der Waals surface area (Å²) in [5, 5.41) is 1.67. The van der Waals surface area contributed by atoms with Crippen LogP contribution < -0.4 is 5.56 Å². The average molecular weight is 287 g/mol. The molecule has 15 heavy (non-hydrogen) atoms. The molecule has 0 saturated carbocycles. The number of fused-ring (bicyclic) bond motifs is 1. The predicted octanol–water partition coefficient (Wildman–Crippen LogP) is 3.26. The van der Waals surface area contributed by atoms with Crippen LogP contribution in [0, 0.1) is 6.92 Å². The number of hydrogen-bond acceptors (Lipinski definition) is 1. The van der Waals surface area contributed by atoms with Crippen molar-refractivity contribution >= 4 is 38.4 Å². The molecule has 0 aliphatic rings. The molecular formula is C11H9BrClNO. The molecule has 1 aromatic carbocycles. The first-order valence-electron chi connectivity index (χ1n) is 4.46. The number of nitrogens with zero attached hydrogens (tertiary/aromatic N) is 1. The molecule has 0 fully saturated rings. The first-order chi connectivity index (χ1) is 7.02. The minimum absolute atomic E-state index is 0.0256. The molecular weight excluding hydrogens is 277 g/mol. The number of aryl methyl sites for hydroxylation is 2. The molecule has 1 aromatic heterocycles. The Hall–Kier alpha value is -0.800. The summed E-state index contributed by atoms with van der Waals surface area (Å²) >= 11 is 9.23. The standard InChI is InChI=1S/C11H9BrClNO/c1-6-8-5-7(13)3-4-9(8)14(2)11(15)10(6)12/h3-5H,1-2H3. The van der Waals surface area contributed by atoms with Crippen molar-refractivity contribution in [1.29, 1.82) is 0 Å². The number of hydrogen-bond donors (Lipinski definition) is 0. The molecule has 0 amide bonds. The van der Waals surface area contributed by atoms with Crippen LogP contribution in [0.1, 0.15) is 5.56 Å². The van der Waals surface area contributed by atoms with Crippen molar-refractivity contribution in [1.82, 2.24) is 4.57 Å². The maximum atomic E-state index is 11.8. The first-order valence-corrected chi connectivity index (χ1v) is 5.64. The Balaban J connectivity index is 3.07. The van der Waals surface area contributed by atoms with Crippen molar-refractivity contribution in [3.63, 3.8) is 0 Å². The third-order valence-electron chi connectivity index (χ3n) is 2.55. The van der Waals surface area contributed by atoms with Crippen LogP contribution in [-0.4, -0.2) is 4.57 Å². The van der Waals surface area contributed by atoms with Gasteiger partial charge in [0.15, 0.2) is 0 Å². The average Bonchev–Trinajstić information content (AvgIpc) is 2.23. The summed E-state index contributed by atoms with van der Waals surface area (Å²) in [5.74, 6) is 0. The molecule has 2 rings (SSSR count). The molecule has 2 nitrogen and oxygen atoms in total. The first kappa shape index (κ1) is 10.7. The molecule has 78 valence electrons. The number of rotatable bonds is 0. The third kappa shape index (κ3) is 1.60. The summed E-state index contributed by atoms with van der Waals surface area (Å²) in [6.45, 7) is 1.91. The van der Waals surface area contributed by atoms with Gasteiger partial charge in [-0.05, 0) is 46.6 Å². The summed E-state index contributed by atoms with van der Waals surface area (Å²) in [6, 6.07) is 5.52. The van der Waals surface area contributed by atoms with E-state index in [0.29, 0.717) is 9.50 Å². The molecule has 0 N–H and O–H groups in total. The Bertz CT molecular complexity index is 604. The van der Waals surface area contributed by atoms with Crippen molar-refractivity contribution in [2.24, 2.45) is 7.05 Å². The second-order valence-corrected chi connectivity index (χ2v) is 4.69. The zero-order chi connectivity index (χ0) is 11.2. The van der Waals surface area contributed by atoms with E-state index in [4.69, 9.17) is 11.6 Å². The van der Waals surface area contributed by atoms with Crippen molar-refractivity contribution < 1.29 is 0 Å². The zero-order valence-corrected chi connectivity index (χ0v) is 10.7. The molecule has 0 spiro atoms. The topological polar surface area (TPSA) is 22.0 Å². The highest BCUT2D eigenvalue weighted by Gasteiger charge is 2.09. The lowest BCUT2D eigenvalue weighted by atomic mass is 10.1. The van der Waals surface area contributed by atoms with E-state index in [1.807, 2.05) is 19.1 Å². The summed E-state index contributed by atoms with van der Waals surface area (Å²) in [6.07, 6.45) is 0. The number of benzene rings is 1. The largest absolute Gasteiger partial charge is 0.310 e. The maximum absolute atomic E-state index is 11.8. The molecule has 0 unspecified atom stereocenters. The van der Waals surface area contributed by atoms with Gasteiger partial charge in [0.05, 0.1) is 9.99 Å². The van der Waals surface area contributed by atoms with Crippen LogP contribution in [0.2, 0.25) is 5.02 Å². The van der Waals surface area contributed by atoms with Crippen LogP contribution in [-0.2, 0) is 7.05 Å². The minimum Gasteiger partial charge on any atom is -0.310 e. The van der Waals surface area contributed by atoms with Gasteiger partial charge in [0.25, 0.3) is 5.56 Å². The van der Waals surface area contributed by atoms with Crippen molar-refractivity contribution in [3.8, 4) is 0 Å². The number of aromatic nitrogens is 1. The fraction of sp³-hybridized carbons (Fsp3) is 0.182. The second kappa shape index (κ2) is 3.65. The quantitative estimate of drug-likeness (QED) is 0.728. The van der Waals surface area contributed by atoms with Crippen LogP contribution in [0.5, 0.6) is 0 Å². The Labute approximate surface area is 101 Å². The lowest BCUT2D eigenvalue weighted by molar-refractivity contribution is 0.895. The zero-order valence-electron chi connectivity index (χ0n) is 8.34. The van der Waals surface area contributed by atoms with Crippen molar-refractivity contribution in [2.75, 3.05) is 0 Å². The second-order valence-electron chi connectivity index (χ2n) is 3.46. The number of pyridine rings is 1. The fourth-order valence-electron chi connectivity index (χ4n) is 1.64. The third-order valence-corrected chi connectivity index (χ3v) is 3.71. The summed E-state index contributed by atoms with van der Waals surface area (Å²) < 4.78 is 2.21. The van der Waals surface area contributed by atoms with Crippen LogP contribution >= 0.6 is 27.5 Å². The van der Waals surface area contributed by atoms with Gasteiger partial charge >= 0.3 is 0 Å². The Morgan fingerprint density at radius 3 is 2.73 bits per heavy atom. The maximum Gasteiger partial charge on any atom is 0.265 e. The van der Waals surface area contributed by atoms with Crippen LogP contribution in [0.3, 0.4) is 0 Å². The van der Waals surface area contributed by atoms with Gasteiger partial charge < -0.3 is 4.57 Å². The molecule has 0 aliphatic carbocycles. The highest BCUT2D eigenvalue weighted by atomic mass is 79.9. The molecule has 1 heterocycles. The smallest absolute Gasteiger partial charge is 0.265 e. The van der Waals surface area contributed by atoms with E-state index in [0.717, 1.165) is 16.5 Å².